The van der Waals surface area contributed by atoms with E-state index >= 15 is 0 Å². The van der Waals surface area contributed by atoms with Crippen molar-refractivity contribution in [1.82, 2.24) is 0 Å². The van der Waals surface area contributed by atoms with Gasteiger partial charge in [0.1, 0.15) is 0 Å². The van der Waals surface area contributed by atoms with E-state index in [9.17, 15) is 0 Å². The van der Waals surface area contributed by atoms with E-state index in [0.29, 0.717) is 6.61 Å². The molecule has 1 heterocycles. The summed E-state index contributed by atoms with van der Waals surface area (Å²) in [5.41, 5.74) is 1.03. The molecule has 0 radical (unpaired) electrons. The standard InChI is InChI=1S/C15H19NO2S/c1-4-18-14-8-6-12(9-15(14)17-3)16-10-13-7-5-11(2)19-13/h5-9,16H,4,10H2,1-3H3. The molecule has 0 aliphatic carbocycles. The summed E-state index contributed by atoms with van der Waals surface area (Å²) in [6, 6.07) is 10.2. The highest BCUT2D eigenvalue weighted by Gasteiger charge is 2.05. The Hall–Kier alpha value is -1.68. The fourth-order valence-electron chi connectivity index (χ4n) is 1.82. The van der Waals surface area contributed by atoms with Gasteiger partial charge in [0.15, 0.2) is 11.5 Å². The predicted molar refractivity (Wildman–Crippen MR) is 80.5 cm³/mol. The van der Waals surface area contributed by atoms with Gasteiger partial charge in [0.25, 0.3) is 0 Å². The number of hydrogen-bond donors (Lipinski definition) is 1. The minimum Gasteiger partial charge on any atom is -0.493 e. The first-order valence-electron chi connectivity index (χ1n) is 6.33. The molecule has 0 aliphatic heterocycles. The first-order chi connectivity index (χ1) is 9.22. The van der Waals surface area contributed by atoms with Crippen molar-refractivity contribution in [2.75, 3.05) is 19.0 Å². The summed E-state index contributed by atoms with van der Waals surface area (Å²) in [6.45, 7) is 5.55. The zero-order valence-corrected chi connectivity index (χ0v) is 12.3. The Morgan fingerprint density at radius 1 is 1.16 bits per heavy atom. The number of aryl methyl sites for hydroxylation is 1. The number of ether oxygens (including phenoxy) is 2. The maximum absolute atomic E-state index is 5.50. The third-order valence-electron chi connectivity index (χ3n) is 2.73. The Bertz CT molecular complexity index is 537. The first kappa shape index (κ1) is 13.7. The fourth-order valence-corrected chi connectivity index (χ4v) is 2.65. The highest BCUT2D eigenvalue weighted by atomic mass is 32.1. The minimum absolute atomic E-state index is 0.637. The van der Waals surface area contributed by atoms with Crippen LogP contribution in [0.3, 0.4) is 0 Å². The second-order valence-corrected chi connectivity index (χ2v) is 5.54. The molecule has 1 aromatic carbocycles. The summed E-state index contributed by atoms with van der Waals surface area (Å²) >= 11 is 1.81. The van der Waals surface area contributed by atoms with Crippen molar-refractivity contribution in [2.24, 2.45) is 0 Å². The van der Waals surface area contributed by atoms with Crippen LogP contribution in [-0.2, 0) is 6.54 Å². The summed E-state index contributed by atoms with van der Waals surface area (Å²) in [7, 11) is 1.66. The van der Waals surface area contributed by atoms with E-state index in [1.165, 1.54) is 9.75 Å². The van der Waals surface area contributed by atoms with Crippen molar-refractivity contribution in [3.05, 3.63) is 40.1 Å². The van der Waals surface area contributed by atoms with Crippen LogP contribution in [0.2, 0.25) is 0 Å². The Kier molecular flexibility index (Phi) is 4.68. The number of methoxy groups -OCH3 is 1. The lowest BCUT2D eigenvalue weighted by molar-refractivity contribution is 0.311. The maximum atomic E-state index is 5.50. The van der Waals surface area contributed by atoms with Crippen molar-refractivity contribution in [3.8, 4) is 11.5 Å². The number of rotatable bonds is 6. The molecule has 0 fully saturated rings. The molecule has 1 aromatic heterocycles. The van der Waals surface area contributed by atoms with Crippen LogP contribution in [0.25, 0.3) is 0 Å². The molecular weight excluding hydrogens is 258 g/mol. The van der Waals surface area contributed by atoms with E-state index in [1.54, 1.807) is 7.11 Å². The van der Waals surface area contributed by atoms with Crippen molar-refractivity contribution in [2.45, 2.75) is 20.4 Å². The first-order valence-corrected chi connectivity index (χ1v) is 7.14. The van der Waals surface area contributed by atoms with E-state index in [2.05, 4.69) is 24.4 Å². The second kappa shape index (κ2) is 6.48. The van der Waals surface area contributed by atoms with E-state index in [1.807, 2.05) is 36.5 Å². The SMILES string of the molecule is CCOc1ccc(NCc2ccc(C)s2)cc1OC. The molecule has 0 unspecified atom stereocenters. The number of hydrogen-bond acceptors (Lipinski definition) is 4. The fraction of sp³-hybridized carbons (Fsp3) is 0.333. The van der Waals surface area contributed by atoms with E-state index in [4.69, 9.17) is 9.47 Å². The number of benzene rings is 1. The quantitative estimate of drug-likeness (QED) is 0.863. The Balaban J connectivity index is 2.04. The van der Waals surface area contributed by atoms with Gasteiger partial charge in [-0.1, -0.05) is 0 Å². The van der Waals surface area contributed by atoms with Crippen LogP contribution in [0.1, 0.15) is 16.7 Å². The van der Waals surface area contributed by atoms with Crippen LogP contribution in [0.15, 0.2) is 30.3 Å². The van der Waals surface area contributed by atoms with Gasteiger partial charge in [-0.25, -0.2) is 0 Å². The van der Waals surface area contributed by atoms with Crippen LogP contribution in [0.4, 0.5) is 5.69 Å². The van der Waals surface area contributed by atoms with Crippen molar-refractivity contribution in [1.29, 1.82) is 0 Å². The van der Waals surface area contributed by atoms with Crippen molar-refractivity contribution < 1.29 is 9.47 Å². The van der Waals surface area contributed by atoms with Gasteiger partial charge in [0.05, 0.1) is 13.7 Å². The highest BCUT2D eigenvalue weighted by Crippen LogP contribution is 2.30. The molecule has 0 atom stereocenters. The average Bonchev–Trinajstić information content (AvgIpc) is 2.83. The van der Waals surface area contributed by atoms with Crippen molar-refractivity contribution >= 4 is 17.0 Å². The van der Waals surface area contributed by atoms with Crippen molar-refractivity contribution in [3.63, 3.8) is 0 Å². The van der Waals surface area contributed by atoms with E-state index in [-0.39, 0.29) is 0 Å². The summed E-state index contributed by atoms with van der Waals surface area (Å²) < 4.78 is 10.8. The minimum atomic E-state index is 0.637. The van der Waals surface area contributed by atoms with Crippen LogP contribution >= 0.6 is 11.3 Å². The monoisotopic (exact) mass is 277 g/mol. The molecule has 0 amide bonds. The maximum Gasteiger partial charge on any atom is 0.162 e. The lowest BCUT2D eigenvalue weighted by atomic mass is 10.2. The molecule has 3 nitrogen and oxygen atoms in total. The molecule has 0 bridgehead atoms. The van der Waals surface area contributed by atoms with Gasteiger partial charge < -0.3 is 14.8 Å². The third-order valence-corrected chi connectivity index (χ3v) is 3.73. The Labute approximate surface area is 118 Å². The number of thiophene rings is 1. The van der Waals surface area contributed by atoms with Crippen LogP contribution < -0.4 is 14.8 Å². The molecule has 2 rings (SSSR count). The zero-order valence-electron chi connectivity index (χ0n) is 11.5. The van der Waals surface area contributed by atoms with Crippen LogP contribution in [0, 0.1) is 6.92 Å². The lowest BCUT2D eigenvalue weighted by Gasteiger charge is -2.11. The lowest BCUT2D eigenvalue weighted by Crippen LogP contribution is -1.99. The van der Waals surface area contributed by atoms with E-state index in [0.717, 1.165) is 23.7 Å². The van der Waals surface area contributed by atoms with Gasteiger partial charge in [0.2, 0.25) is 0 Å². The van der Waals surface area contributed by atoms with Gasteiger partial charge >= 0.3 is 0 Å². The predicted octanol–water partition coefficient (Wildman–Crippen LogP) is 4.08. The Morgan fingerprint density at radius 2 is 2.00 bits per heavy atom. The summed E-state index contributed by atoms with van der Waals surface area (Å²) in [6.07, 6.45) is 0. The molecule has 0 aliphatic rings. The smallest absolute Gasteiger partial charge is 0.162 e. The van der Waals surface area contributed by atoms with Crippen LogP contribution in [-0.4, -0.2) is 13.7 Å². The largest absolute Gasteiger partial charge is 0.493 e. The summed E-state index contributed by atoms with van der Waals surface area (Å²) in [4.78, 5) is 2.66. The molecule has 0 saturated carbocycles. The highest BCUT2D eigenvalue weighted by molar-refractivity contribution is 7.11. The van der Waals surface area contributed by atoms with E-state index < -0.39 is 0 Å². The van der Waals surface area contributed by atoms with Gasteiger partial charge in [0, 0.05) is 28.1 Å². The topological polar surface area (TPSA) is 30.5 Å². The second-order valence-electron chi connectivity index (χ2n) is 4.16. The number of anilines is 1. The average molecular weight is 277 g/mol. The third kappa shape index (κ3) is 3.64. The zero-order chi connectivity index (χ0) is 13.7. The van der Waals surface area contributed by atoms with Gasteiger partial charge in [-0.05, 0) is 38.1 Å². The molecule has 0 spiro atoms. The Morgan fingerprint density at radius 3 is 2.63 bits per heavy atom. The number of nitrogens with one attached hydrogen (secondary N) is 1. The molecule has 4 heteroatoms. The molecule has 19 heavy (non-hydrogen) atoms. The van der Waals surface area contributed by atoms with Gasteiger partial charge in [-0.2, -0.15) is 0 Å². The van der Waals surface area contributed by atoms with Gasteiger partial charge in [-0.3, -0.25) is 0 Å². The van der Waals surface area contributed by atoms with Crippen LogP contribution in [0.5, 0.6) is 11.5 Å². The molecule has 1 N–H and O–H groups in total. The molecule has 0 saturated heterocycles. The molecule has 102 valence electrons. The molecule has 2 aromatic rings. The normalized spacial score (nSPS) is 10.3. The molecular formula is C15H19NO2S. The summed E-state index contributed by atoms with van der Waals surface area (Å²) in [5, 5.41) is 3.39. The van der Waals surface area contributed by atoms with Gasteiger partial charge in [-0.15, -0.1) is 11.3 Å². The summed E-state index contributed by atoms with van der Waals surface area (Å²) in [5.74, 6) is 1.54.